The zero-order valence-corrected chi connectivity index (χ0v) is 15.3. The van der Waals surface area contributed by atoms with E-state index in [9.17, 15) is 22.8 Å². The van der Waals surface area contributed by atoms with E-state index >= 15 is 0 Å². The van der Waals surface area contributed by atoms with E-state index in [-0.39, 0.29) is 11.8 Å². The van der Waals surface area contributed by atoms with Crippen molar-refractivity contribution in [3.8, 4) is 0 Å². The standard InChI is InChI=1S/C17H19F3N4O2S/c1-11(24-16(26)13-4-2-9-27-13)15(25)22-8-3-7-21-14-6-5-12(10-23-14)17(18,19)20/h2,4-6,9-11H,3,7-8H2,1H3,(H,21,23)(H,22,25)(H,24,26)/t11-/m1/s1. The van der Waals surface area contributed by atoms with Gasteiger partial charge in [0.15, 0.2) is 0 Å². The van der Waals surface area contributed by atoms with E-state index in [1.165, 1.54) is 17.4 Å². The smallest absolute Gasteiger partial charge is 0.370 e. The van der Waals surface area contributed by atoms with Gasteiger partial charge in [-0.15, -0.1) is 11.3 Å². The molecule has 0 bridgehead atoms. The van der Waals surface area contributed by atoms with E-state index < -0.39 is 17.8 Å². The highest BCUT2D eigenvalue weighted by Gasteiger charge is 2.30. The molecule has 0 unspecified atom stereocenters. The lowest BCUT2D eigenvalue weighted by atomic mass is 10.2. The lowest BCUT2D eigenvalue weighted by Gasteiger charge is -2.14. The van der Waals surface area contributed by atoms with Crippen LogP contribution in [0.2, 0.25) is 0 Å². The van der Waals surface area contributed by atoms with E-state index in [0.29, 0.717) is 30.2 Å². The summed E-state index contributed by atoms with van der Waals surface area (Å²) in [5.41, 5.74) is -0.807. The normalized spacial score (nSPS) is 12.3. The highest BCUT2D eigenvalue weighted by molar-refractivity contribution is 7.12. The van der Waals surface area contributed by atoms with Crippen LogP contribution < -0.4 is 16.0 Å². The Balaban J connectivity index is 1.64. The maximum absolute atomic E-state index is 12.4. The van der Waals surface area contributed by atoms with Gasteiger partial charge in [0.1, 0.15) is 11.9 Å². The second-order valence-electron chi connectivity index (χ2n) is 5.67. The Kier molecular flexibility index (Phi) is 7.17. The Morgan fingerprint density at radius 1 is 1.22 bits per heavy atom. The summed E-state index contributed by atoms with van der Waals surface area (Å²) in [5, 5.41) is 9.95. The van der Waals surface area contributed by atoms with Crippen molar-refractivity contribution in [1.82, 2.24) is 15.6 Å². The van der Waals surface area contributed by atoms with Gasteiger partial charge >= 0.3 is 6.18 Å². The summed E-state index contributed by atoms with van der Waals surface area (Å²) >= 11 is 1.29. The molecule has 0 radical (unpaired) electrons. The number of hydrogen-bond donors (Lipinski definition) is 3. The molecule has 2 rings (SSSR count). The molecule has 6 nitrogen and oxygen atoms in total. The van der Waals surface area contributed by atoms with Gasteiger partial charge in [-0.25, -0.2) is 4.98 Å². The molecule has 27 heavy (non-hydrogen) atoms. The first-order chi connectivity index (χ1) is 12.8. The second-order valence-corrected chi connectivity index (χ2v) is 6.62. The molecule has 3 N–H and O–H groups in total. The van der Waals surface area contributed by atoms with E-state index in [4.69, 9.17) is 0 Å². The Morgan fingerprint density at radius 3 is 2.59 bits per heavy atom. The van der Waals surface area contributed by atoms with E-state index in [0.717, 1.165) is 12.3 Å². The number of alkyl halides is 3. The van der Waals surface area contributed by atoms with Crippen LogP contribution in [-0.2, 0) is 11.0 Å². The molecule has 0 fully saturated rings. The topological polar surface area (TPSA) is 83.1 Å². The Bertz CT molecular complexity index is 749. The molecule has 2 heterocycles. The number of aromatic nitrogens is 1. The largest absolute Gasteiger partial charge is 0.417 e. The van der Waals surface area contributed by atoms with Crippen LogP contribution in [0.4, 0.5) is 19.0 Å². The number of thiophene rings is 1. The van der Waals surface area contributed by atoms with Gasteiger partial charge in [-0.2, -0.15) is 13.2 Å². The Morgan fingerprint density at radius 2 is 2.00 bits per heavy atom. The molecule has 0 aliphatic rings. The molecule has 0 saturated carbocycles. The van der Waals surface area contributed by atoms with Crippen molar-refractivity contribution in [2.45, 2.75) is 25.6 Å². The number of carbonyl (C=O) groups is 2. The Hall–Kier alpha value is -2.62. The molecule has 10 heteroatoms. The maximum Gasteiger partial charge on any atom is 0.417 e. The molecular weight excluding hydrogens is 381 g/mol. The third-order valence-electron chi connectivity index (χ3n) is 3.54. The summed E-state index contributed by atoms with van der Waals surface area (Å²) in [4.78, 5) is 28.1. The predicted molar refractivity (Wildman–Crippen MR) is 96.6 cm³/mol. The van der Waals surface area contributed by atoms with E-state index in [2.05, 4.69) is 20.9 Å². The zero-order chi connectivity index (χ0) is 19.9. The third-order valence-corrected chi connectivity index (χ3v) is 4.40. The first-order valence-corrected chi connectivity index (χ1v) is 9.04. The highest BCUT2D eigenvalue weighted by Crippen LogP contribution is 2.28. The van der Waals surface area contributed by atoms with Crippen LogP contribution in [0, 0.1) is 0 Å². The van der Waals surface area contributed by atoms with Gasteiger partial charge in [0.25, 0.3) is 5.91 Å². The van der Waals surface area contributed by atoms with Crippen molar-refractivity contribution in [2.24, 2.45) is 0 Å². The van der Waals surface area contributed by atoms with Gasteiger partial charge < -0.3 is 16.0 Å². The lowest BCUT2D eigenvalue weighted by Crippen LogP contribution is -2.45. The van der Waals surface area contributed by atoms with Gasteiger partial charge in [-0.1, -0.05) is 6.07 Å². The zero-order valence-electron chi connectivity index (χ0n) is 14.5. The molecule has 2 aromatic heterocycles. The fourth-order valence-electron chi connectivity index (χ4n) is 2.08. The number of anilines is 1. The van der Waals surface area contributed by atoms with Gasteiger partial charge in [0.2, 0.25) is 5.91 Å². The molecule has 0 aliphatic heterocycles. The number of hydrogen-bond acceptors (Lipinski definition) is 5. The van der Waals surface area contributed by atoms with Crippen molar-refractivity contribution in [3.05, 3.63) is 46.3 Å². The minimum absolute atomic E-state index is 0.303. The average Bonchev–Trinajstić information content (AvgIpc) is 3.15. The molecule has 0 saturated heterocycles. The van der Waals surface area contributed by atoms with Crippen molar-refractivity contribution in [1.29, 1.82) is 0 Å². The van der Waals surface area contributed by atoms with Crippen LogP contribution in [0.1, 0.15) is 28.6 Å². The summed E-state index contributed by atoms with van der Waals surface area (Å²) in [6.45, 7) is 2.37. The van der Waals surface area contributed by atoms with Crippen LogP contribution in [0.5, 0.6) is 0 Å². The quantitative estimate of drug-likeness (QED) is 0.595. The first-order valence-electron chi connectivity index (χ1n) is 8.16. The number of rotatable bonds is 8. The fourth-order valence-corrected chi connectivity index (χ4v) is 2.70. The molecule has 2 aromatic rings. The SMILES string of the molecule is C[C@@H](NC(=O)c1cccs1)C(=O)NCCCNc1ccc(C(F)(F)F)cn1. The number of nitrogens with one attached hydrogen (secondary N) is 3. The van der Waals surface area contributed by atoms with Gasteiger partial charge in [0.05, 0.1) is 10.4 Å². The first kappa shape index (κ1) is 20.7. The van der Waals surface area contributed by atoms with E-state index in [1.54, 1.807) is 24.4 Å². The number of pyridine rings is 1. The van der Waals surface area contributed by atoms with Gasteiger partial charge in [-0.05, 0) is 36.9 Å². The molecular formula is C17H19F3N4O2S. The third kappa shape index (κ3) is 6.55. The van der Waals surface area contributed by atoms with Crippen LogP contribution in [0.15, 0.2) is 35.8 Å². The molecule has 2 amide bonds. The fraction of sp³-hybridized carbons (Fsp3) is 0.353. The monoisotopic (exact) mass is 400 g/mol. The van der Waals surface area contributed by atoms with Crippen molar-refractivity contribution in [3.63, 3.8) is 0 Å². The summed E-state index contributed by atoms with van der Waals surface area (Å²) in [7, 11) is 0. The molecule has 0 aliphatic carbocycles. The number of halogens is 3. The molecule has 1 atom stereocenters. The van der Waals surface area contributed by atoms with Gasteiger partial charge in [0, 0.05) is 19.3 Å². The van der Waals surface area contributed by atoms with Crippen LogP contribution >= 0.6 is 11.3 Å². The van der Waals surface area contributed by atoms with Gasteiger partial charge in [-0.3, -0.25) is 9.59 Å². The number of nitrogens with zero attached hydrogens (tertiary/aromatic N) is 1. The van der Waals surface area contributed by atoms with Crippen LogP contribution in [-0.4, -0.2) is 35.9 Å². The molecule has 0 aromatic carbocycles. The summed E-state index contributed by atoms with van der Waals surface area (Å²) in [5.74, 6) is -0.291. The summed E-state index contributed by atoms with van der Waals surface area (Å²) < 4.78 is 37.3. The summed E-state index contributed by atoms with van der Waals surface area (Å²) in [6.07, 6.45) is -3.10. The minimum Gasteiger partial charge on any atom is -0.370 e. The number of carbonyl (C=O) groups excluding carboxylic acids is 2. The number of amides is 2. The van der Waals surface area contributed by atoms with E-state index in [1.807, 2.05) is 0 Å². The van der Waals surface area contributed by atoms with Crippen LogP contribution in [0.3, 0.4) is 0 Å². The minimum atomic E-state index is -4.41. The van der Waals surface area contributed by atoms with Crippen molar-refractivity contribution >= 4 is 29.0 Å². The van der Waals surface area contributed by atoms with Crippen LogP contribution in [0.25, 0.3) is 0 Å². The molecule has 0 spiro atoms. The maximum atomic E-state index is 12.4. The summed E-state index contributed by atoms with van der Waals surface area (Å²) in [6, 6.07) is 4.96. The van der Waals surface area contributed by atoms with Crippen molar-refractivity contribution in [2.75, 3.05) is 18.4 Å². The highest BCUT2D eigenvalue weighted by atomic mass is 32.1. The lowest BCUT2D eigenvalue weighted by molar-refractivity contribution is -0.137. The van der Waals surface area contributed by atoms with Crippen molar-refractivity contribution < 1.29 is 22.8 Å². The second kappa shape index (κ2) is 9.36. The molecule has 146 valence electrons. The average molecular weight is 400 g/mol. The predicted octanol–water partition coefficient (Wildman–Crippen LogP) is 2.90. The Labute approximate surface area is 158 Å².